The Morgan fingerprint density at radius 2 is 2.00 bits per heavy atom. The summed E-state index contributed by atoms with van der Waals surface area (Å²) in [6, 6.07) is 0.872. The summed E-state index contributed by atoms with van der Waals surface area (Å²) in [5, 5.41) is 3.76. The predicted octanol–water partition coefficient (Wildman–Crippen LogP) is 0.565. The van der Waals surface area contributed by atoms with Crippen LogP contribution in [0.2, 0.25) is 0 Å². The van der Waals surface area contributed by atoms with E-state index < -0.39 is 32.5 Å². The minimum Gasteiger partial charge on any atom is -0.339 e. The van der Waals surface area contributed by atoms with E-state index in [1.54, 1.807) is 22.6 Å². The second-order valence-corrected chi connectivity index (χ2v) is 5.23. The first-order valence-corrected chi connectivity index (χ1v) is 6.09. The number of sulfonamides is 1. The van der Waals surface area contributed by atoms with Crippen molar-refractivity contribution in [3.63, 3.8) is 0 Å². The number of primary sulfonamides is 1. The van der Waals surface area contributed by atoms with Gasteiger partial charge in [-0.05, 0) is 22.6 Å². The summed E-state index contributed by atoms with van der Waals surface area (Å²) in [6.45, 7) is 0. The predicted molar refractivity (Wildman–Crippen MR) is 56.1 cm³/mol. The summed E-state index contributed by atoms with van der Waals surface area (Å²) in [6.07, 6.45) is -3.20. The van der Waals surface area contributed by atoms with Gasteiger partial charge in [0.25, 0.3) is 16.4 Å². The molecule has 3 N–H and O–H groups in total. The number of pyridine rings is 1. The van der Waals surface area contributed by atoms with Gasteiger partial charge in [-0.2, -0.15) is 0 Å². The first-order valence-electron chi connectivity index (χ1n) is 3.47. The lowest BCUT2D eigenvalue weighted by Crippen LogP contribution is -2.23. The monoisotopic (exact) mass is 350 g/mol. The normalized spacial score (nSPS) is 12.1. The fraction of sp³-hybridized carbons (Fsp3) is 0.167. The Hall–Kier alpha value is -0.550. The zero-order valence-electron chi connectivity index (χ0n) is 7.00. The smallest absolute Gasteiger partial charge is 0.270 e. The van der Waals surface area contributed by atoms with E-state index in [2.05, 4.69) is 4.98 Å². The van der Waals surface area contributed by atoms with E-state index in [9.17, 15) is 22.0 Å². The maximum atomic E-state index is 12.4. The van der Waals surface area contributed by atoms with Gasteiger partial charge in [0.15, 0.2) is 10.5 Å². The number of hydrogen-bond donors (Lipinski definition) is 2. The van der Waals surface area contributed by atoms with E-state index in [4.69, 9.17) is 5.14 Å². The average Bonchev–Trinajstić information content (AvgIpc) is 1.99. The Bertz CT molecular complexity index is 540. The molecule has 9 heteroatoms. The van der Waals surface area contributed by atoms with Gasteiger partial charge in [-0.3, -0.25) is 4.79 Å². The van der Waals surface area contributed by atoms with Crippen LogP contribution in [-0.2, 0) is 10.0 Å². The van der Waals surface area contributed by atoms with Crippen molar-refractivity contribution in [2.75, 3.05) is 0 Å². The highest BCUT2D eigenvalue weighted by atomic mass is 127. The Morgan fingerprint density at radius 3 is 2.40 bits per heavy atom. The molecule has 1 rings (SSSR count). The Kier molecular flexibility index (Phi) is 3.45. The Balaban J connectivity index is 3.70. The van der Waals surface area contributed by atoms with Gasteiger partial charge in [0.1, 0.15) is 5.56 Å². The maximum Gasteiger partial charge on any atom is 0.270 e. The molecule has 0 fully saturated rings. The number of aromatic amines is 1. The number of aromatic nitrogens is 1. The van der Waals surface area contributed by atoms with Gasteiger partial charge in [0.05, 0.1) is 3.70 Å². The molecule has 15 heavy (non-hydrogen) atoms. The molecule has 84 valence electrons. The molecule has 1 aromatic rings. The van der Waals surface area contributed by atoms with Crippen molar-refractivity contribution >= 4 is 32.6 Å². The molecule has 0 aliphatic rings. The quantitative estimate of drug-likeness (QED) is 0.603. The van der Waals surface area contributed by atoms with E-state index in [0.29, 0.717) is 0 Å². The molecule has 0 aliphatic heterocycles. The van der Waals surface area contributed by atoms with E-state index >= 15 is 0 Å². The summed E-state index contributed by atoms with van der Waals surface area (Å²) in [5.74, 6) is 0. The van der Waals surface area contributed by atoms with Gasteiger partial charge in [-0.15, -0.1) is 0 Å². The molecule has 0 bridgehead atoms. The van der Waals surface area contributed by atoms with E-state index in [1.807, 2.05) is 0 Å². The summed E-state index contributed by atoms with van der Waals surface area (Å²) >= 11 is 1.59. The van der Waals surface area contributed by atoms with Gasteiger partial charge in [0, 0.05) is 6.07 Å². The molecule has 0 aliphatic carbocycles. The van der Waals surface area contributed by atoms with Crippen molar-refractivity contribution in [2.24, 2.45) is 5.14 Å². The number of alkyl halides is 2. The van der Waals surface area contributed by atoms with Crippen LogP contribution in [0.5, 0.6) is 0 Å². The Labute approximate surface area is 96.9 Å². The van der Waals surface area contributed by atoms with Gasteiger partial charge < -0.3 is 4.98 Å². The van der Waals surface area contributed by atoms with Crippen LogP contribution in [0.15, 0.2) is 15.9 Å². The van der Waals surface area contributed by atoms with Crippen molar-refractivity contribution in [2.45, 2.75) is 11.5 Å². The molecule has 0 saturated heterocycles. The molecule has 1 heterocycles. The highest BCUT2D eigenvalue weighted by Gasteiger charge is 2.24. The van der Waals surface area contributed by atoms with Crippen molar-refractivity contribution < 1.29 is 17.2 Å². The van der Waals surface area contributed by atoms with Crippen LogP contribution < -0.4 is 10.6 Å². The van der Waals surface area contributed by atoms with Gasteiger partial charge in [-0.25, -0.2) is 22.3 Å². The second-order valence-electron chi connectivity index (χ2n) is 2.57. The molecule has 0 radical (unpaired) electrons. The van der Waals surface area contributed by atoms with Crippen LogP contribution in [-0.4, -0.2) is 13.4 Å². The van der Waals surface area contributed by atoms with Crippen LogP contribution in [0.25, 0.3) is 0 Å². The zero-order valence-corrected chi connectivity index (χ0v) is 9.97. The number of nitrogens with one attached hydrogen (secondary N) is 1. The third-order valence-corrected chi connectivity index (χ3v) is 2.98. The molecule has 0 unspecified atom stereocenters. The lowest BCUT2D eigenvalue weighted by molar-refractivity contribution is 0.145. The fourth-order valence-electron chi connectivity index (χ4n) is 0.948. The molecule has 1 aromatic heterocycles. The molecular weight excluding hydrogens is 345 g/mol. The van der Waals surface area contributed by atoms with Crippen molar-refractivity contribution in [1.29, 1.82) is 0 Å². The van der Waals surface area contributed by atoms with Crippen LogP contribution in [0.4, 0.5) is 8.78 Å². The fourth-order valence-corrected chi connectivity index (χ4v) is 2.43. The van der Waals surface area contributed by atoms with Gasteiger partial charge in [0.2, 0.25) is 0 Å². The molecule has 5 nitrogen and oxygen atoms in total. The summed E-state index contributed by atoms with van der Waals surface area (Å²) < 4.78 is 46.8. The molecule has 0 spiro atoms. The first-order chi connectivity index (χ1) is 6.73. The molecule has 0 atom stereocenters. The number of halogens is 3. The standard InChI is InChI=1S/C6H5F2IN2O3S/c7-5(8)4-2(12)1-3(9)11-6(4)15(10,13)14/h1,5H,(H,11,12)(H2,10,13,14). The third kappa shape index (κ3) is 2.72. The second kappa shape index (κ2) is 4.14. The lowest BCUT2D eigenvalue weighted by Gasteiger charge is -2.06. The van der Waals surface area contributed by atoms with Crippen LogP contribution in [0, 0.1) is 3.70 Å². The number of hydrogen-bond acceptors (Lipinski definition) is 3. The zero-order chi connectivity index (χ0) is 11.8. The lowest BCUT2D eigenvalue weighted by atomic mass is 10.3. The van der Waals surface area contributed by atoms with E-state index in [1.165, 1.54) is 0 Å². The average molecular weight is 350 g/mol. The number of rotatable bonds is 2. The minimum absolute atomic E-state index is 0.117. The van der Waals surface area contributed by atoms with Crippen molar-refractivity contribution in [3.05, 3.63) is 25.6 Å². The van der Waals surface area contributed by atoms with Crippen LogP contribution in [0.3, 0.4) is 0 Å². The van der Waals surface area contributed by atoms with Crippen LogP contribution in [0.1, 0.15) is 12.0 Å². The maximum absolute atomic E-state index is 12.4. The SMILES string of the molecule is NS(=O)(=O)c1[nH]c(I)cc(=O)c1C(F)F. The van der Waals surface area contributed by atoms with Gasteiger partial charge in [-0.1, -0.05) is 0 Å². The van der Waals surface area contributed by atoms with Crippen molar-refractivity contribution in [3.8, 4) is 0 Å². The van der Waals surface area contributed by atoms with Crippen LogP contribution >= 0.6 is 22.6 Å². The molecule has 0 amide bonds. The molecule has 0 aromatic carbocycles. The minimum atomic E-state index is -4.36. The van der Waals surface area contributed by atoms with Crippen molar-refractivity contribution in [1.82, 2.24) is 4.98 Å². The van der Waals surface area contributed by atoms with Gasteiger partial charge >= 0.3 is 0 Å². The Morgan fingerprint density at radius 1 is 1.47 bits per heavy atom. The highest BCUT2D eigenvalue weighted by Crippen LogP contribution is 2.21. The largest absolute Gasteiger partial charge is 0.339 e. The number of H-pyrrole nitrogens is 1. The summed E-state index contributed by atoms with van der Waals surface area (Å²) in [5.41, 5.74) is -2.19. The molecule has 0 saturated carbocycles. The summed E-state index contributed by atoms with van der Waals surface area (Å²) in [7, 11) is -4.36. The summed E-state index contributed by atoms with van der Waals surface area (Å²) in [4.78, 5) is 13.3. The topological polar surface area (TPSA) is 93.0 Å². The third-order valence-electron chi connectivity index (χ3n) is 1.50. The van der Waals surface area contributed by atoms with E-state index in [-0.39, 0.29) is 3.70 Å². The number of nitrogens with two attached hydrogens (primary N) is 1. The highest BCUT2D eigenvalue weighted by molar-refractivity contribution is 14.1. The first kappa shape index (κ1) is 12.5. The van der Waals surface area contributed by atoms with E-state index in [0.717, 1.165) is 6.07 Å². The molecular formula is C6H5F2IN2O3S.